The van der Waals surface area contributed by atoms with Gasteiger partial charge < -0.3 is 19.3 Å². The molecule has 7 heteroatoms. The normalized spacial score (nSPS) is 15.2. The van der Waals surface area contributed by atoms with Crippen LogP contribution in [0.5, 0.6) is 0 Å². The number of hydrogen-bond acceptors (Lipinski definition) is 5. The summed E-state index contributed by atoms with van der Waals surface area (Å²) in [5.74, 6) is -0.929. The molecule has 1 saturated heterocycles. The summed E-state index contributed by atoms with van der Waals surface area (Å²) >= 11 is 0. The molecule has 1 amide bonds. The fraction of sp³-hybridized carbons (Fsp3) is 0.483. The summed E-state index contributed by atoms with van der Waals surface area (Å²) in [4.78, 5) is 39.4. The minimum absolute atomic E-state index is 0.155. The summed E-state index contributed by atoms with van der Waals surface area (Å²) in [6.45, 7) is 9.71. The Morgan fingerprint density at radius 2 is 1.69 bits per heavy atom. The minimum Gasteiger partial charge on any atom is -0.462 e. The second-order valence-electron chi connectivity index (χ2n) is 9.70. The number of aryl methyl sites for hydroxylation is 2. The van der Waals surface area contributed by atoms with Crippen molar-refractivity contribution in [1.82, 2.24) is 0 Å². The van der Waals surface area contributed by atoms with Crippen LogP contribution in [0.15, 0.2) is 42.5 Å². The van der Waals surface area contributed by atoms with E-state index in [4.69, 9.17) is 9.47 Å². The van der Waals surface area contributed by atoms with E-state index in [-0.39, 0.29) is 31.6 Å². The van der Waals surface area contributed by atoms with Gasteiger partial charge in [-0.3, -0.25) is 4.79 Å². The number of nitrogens with zero attached hydrogens (tertiary/aromatic N) is 1. The van der Waals surface area contributed by atoms with Crippen LogP contribution >= 0.6 is 0 Å². The number of nitrogens with one attached hydrogen (secondary N) is 1. The van der Waals surface area contributed by atoms with Crippen LogP contribution in [0.3, 0.4) is 0 Å². The van der Waals surface area contributed by atoms with Gasteiger partial charge in [-0.25, -0.2) is 9.59 Å². The smallest absolute Gasteiger partial charge is 0.362 e. The zero-order chi connectivity index (χ0) is 26.1. The van der Waals surface area contributed by atoms with Gasteiger partial charge >= 0.3 is 11.9 Å². The van der Waals surface area contributed by atoms with E-state index in [1.54, 1.807) is 13.0 Å². The van der Waals surface area contributed by atoms with Crippen molar-refractivity contribution in [1.29, 1.82) is 0 Å². The average molecular weight is 496 g/mol. The van der Waals surface area contributed by atoms with Gasteiger partial charge in [-0.05, 0) is 49.9 Å². The summed E-state index contributed by atoms with van der Waals surface area (Å²) in [5.41, 5.74) is 3.49. The lowest BCUT2D eigenvalue weighted by atomic mass is 10.0. The highest BCUT2D eigenvalue weighted by atomic mass is 16.5. The van der Waals surface area contributed by atoms with E-state index in [9.17, 15) is 14.4 Å². The Kier molecular flexibility index (Phi) is 9.65. The third kappa shape index (κ3) is 6.72. The van der Waals surface area contributed by atoms with E-state index in [0.29, 0.717) is 22.2 Å². The van der Waals surface area contributed by atoms with Crippen LogP contribution in [0, 0.1) is 13.8 Å². The lowest BCUT2D eigenvalue weighted by Crippen LogP contribution is -2.60. The SMILES string of the molecule is CCCC(C(=O)Nc1c(C)cc(C)cc1C(=O)OCC)[N+]1(CC(=O)OCc2ccccc2)CCCC1. The van der Waals surface area contributed by atoms with Gasteiger partial charge in [0, 0.05) is 19.3 Å². The molecule has 2 aromatic rings. The first-order valence-electron chi connectivity index (χ1n) is 12.9. The fourth-order valence-electron chi connectivity index (χ4n) is 5.22. The molecule has 36 heavy (non-hydrogen) atoms. The molecular weight excluding hydrogens is 456 g/mol. The quantitative estimate of drug-likeness (QED) is 0.353. The molecule has 1 N–H and O–H groups in total. The minimum atomic E-state index is -0.457. The van der Waals surface area contributed by atoms with Crippen molar-refractivity contribution >= 4 is 23.5 Å². The van der Waals surface area contributed by atoms with E-state index >= 15 is 0 Å². The zero-order valence-electron chi connectivity index (χ0n) is 22.0. The molecule has 194 valence electrons. The topological polar surface area (TPSA) is 81.7 Å². The Morgan fingerprint density at radius 3 is 2.33 bits per heavy atom. The second-order valence-corrected chi connectivity index (χ2v) is 9.70. The molecule has 1 aliphatic heterocycles. The predicted molar refractivity (Wildman–Crippen MR) is 140 cm³/mol. The number of carbonyl (C=O) groups excluding carboxylic acids is 3. The Balaban J connectivity index is 1.83. The van der Waals surface area contributed by atoms with E-state index in [1.165, 1.54) is 0 Å². The third-order valence-corrected chi connectivity index (χ3v) is 6.89. The molecule has 1 heterocycles. The summed E-state index contributed by atoms with van der Waals surface area (Å²) in [7, 11) is 0. The van der Waals surface area contributed by atoms with Gasteiger partial charge in [0.2, 0.25) is 0 Å². The molecule has 7 nitrogen and oxygen atoms in total. The van der Waals surface area contributed by atoms with E-state index in [2.05, 4.69) is 5.32 Å². The van der Waals surface area contributed by atoms with Crippen LogP contribution in [0.2, 0.25) is 0 Å². The molecule has 1 atom stereocenters. The van der Waals surface area contributed by atoms with Gasteiger partial charge in [0.25, 0.3) is 5.91 Å². The molecule has 1 aliphatic rings. The van der Waals surface area contributed by atoms with Crippen molar-refractivity contribution in [3.05, 3.63) is 64.7 Å². The molecule has 2 aromatic carbocycles. The number of hydrogen-bond donors (Lipinski definition) is 1. The van der Waals surface area contributed by atoms with Crippen LogP contribution in [0.25, 0.3) is 0 Å². The largest absolute Gasteiger partial charge is 0.462 e. The highest BCUT2D eigenvalue weighted by Crippen LogP contribution is 2.30. The molecule has 0 spiro atoms. The average Bonchev–Trinajstić information content (AvgIpc) is 3.32. The molecule has 0 bridgehead atoms. The molecule has 0 saturated carbocycles. The molecule has 1 unspecified atom stereocenters. The molecule has 0 aromatic heterocycles. The number of carbonyl (C=O) groups is 3. The van der Waals surface area contributed by atoms with Gasteiger partial charge in [-0.1, -0.05) is 43.3 Å². The highest BCUT2D eigenvalue weighted by Gasteiger charge is 2.45. The molecule has 1 fully saturated rings. The first-order valence-corrected chi connectivity index (χ1v) is 12.9. The van der Waals surface area contributed by atoms with Crippen molar-refractivity contribution in [3.63, 3.8) is 0 Å². The van der Waals surface area contributed by atoms with Gasteiger partial charge in [-0.15, -0.1) is 0 Å². The maximum atomic E-state index is 13.8. The van der Waals surface area contributed by atoms with E-state index < -0.39 is 12.0 Å². The number of benzene rings is 2. The lowest BCUT2D eigenvalue weighted by molar-refractivity contribution is -0.925. The number of likely N-dealkylation sites (tertiary alicyclic amines) is 1. The van der Waals surface area contributed by atoms with Gasteiger partial charge in [0.1, 0.15) is 6.61 Å². The van der Waals surface area contributed by atoms with E-state index in [1.807, 2.05) is 57.2 Å². The van der Waals surface area contributed by atoms with Crippen LogP contribution in [0.4, 0.5) is 5.69 Å². The fourth-order valence-corrected chi connectivity index (χ4v) is 5.22. The predicted octanol–water partition coefficient (Wildman–Crippen LogP) is 4.94. The number of rotatable bonds is 11. The van der Waals surface area contributed by atoms with Gasteiger partial charge in [0.05, 0.1) is 30.9 Å². The van der Waals surface area contributed by atoms with Crippen LogP contribution in [-0.4, -0.2) is 54.6 Å². The number of esters is 2. The van der Waals surface area contributed by atoms with E-state index in [0.717, 1.165) is 49.0 Å². The standard InChI is InChI=1S/C29H38N2O5/c1-5-12-25(28(33)30-27-22(4)17-21(3)18-24(27)29(34)35-6-2)31(15-10-11-16-31)19-26(32)36-20-23-13-8-7-9-14-23/h7-9,13-14,17-18,25H,5-6,10-12,15-16,19-20H2,1-4H3/p+1. The highest BCUT2D eigenvalue weighted by molar-refractivity contribution is 6.03. The maximum Gasteiger partial charge on any atom is 0.362 e. The van der Waals surface area contributed by atoms with Crippen LogP contribution in [0.1, 0.15) is 66.6 Å². The Labute approximate surface area is 214 Å². The van der Waals surface area contributed by atoms with Gasteiger partial charge in [-0.2, -0.15) is 0 Å². The summed E-state index contributed by atoms with van der Waals surface area (Å²) in [6.07, 6.45) is 3.35. The van der Waals surface area contributed by atoms with Crippen molar-refractivity contribution < 1.29 is 28.3 Å². The third-order valence-electron chi connectivity index (χ3n) is 6.89. The maximum absolute atomic E-state index is 13.8. The first-order chi connectivity index (χ1) is 17.3. The first kappa shape index (κ1) is 27.4. The monoisotopic (exact) mass is 495 g/mol. The molecular formula is C29H39N2O5+. The van der Waals surface area contributed by atoms with Crippen molar-refractivity contribution in [2.75, 3.05) is 31.6 Å². The summed E-state index contributed by atoms with van der Waals surface area (Å²) in [6, 6.07) is 12.9. The van der Waals surface area contributed by atoms with Crippen LogP contribution < -0.4 is 5.32 Å². The van der Waals surface area contributed by atoms with Crippen molar-refractivity contribution in [2.45, 2.75) is 66.0 Å². The second kappa shape index (κ2) is 12.7. The molecule has 3 rings (SSSR count). The summed E-state index contributed by atoms with van der Waals surface area (Å²) in [5, 5.41) is 3.06. The Morgan fingerprint density at radius 1 is 1.00 bits per heavy atom. The molecule has 0 aliphatic carbocycles. The Hall–Kier alpha value is -3.19. The lowest BCUT2D eigenvalue weighted by Gasteiger charge is -2.40. The van der Waals surface area contributed by atoms with Gasteiger partial charge in [0.15, 0.2) is 12.6 Å². The zero-order valence-corrected chi connectivity index (χ0v) is 22.0. The van der Waals surface area contributed by atoms with Crippen LogP contribution in [-0.2, 0) is 25.7 Å². The number of quaternary nitrogens is 1. The summed E-state index contributed by atoms with van der Waals surface area (Å²) < 4.78 is 11.2. The number of amides is 1. The van der Waals surface area contributed by atoms with Crippen molar-refractivity contribution in [3.8, 4) is 0 Å². The number of ether oxygens (including phenoxy) is 2. The van der Waals surface area contributed by atoms with Crippen molar-refractivity contribution in [2.24, 2.45) is 0 Å². The Bertz CT molecular complexity index is 1060. The molecule has 0 radical (unpaired) electrons. The number of anilines is 1.